The summed E-state index contributed by atoms with van der Waals surface area (Å²) < 4.78 is 54.1. The van der Waals surface area contributed by atoms with Crippen molar-refractivity contribution < 1.29 is 27.8 Å². The van der Waals surface area contributed by atoms with Crippen molar-refractivity contribution in [3.8, 4) is 5.75 Å². The minimum absolute atomic E-state index is 0.0449. The van der Waals surface area contributed by atoms with Gasteiger partial charge in [0.15, 0.2) is 5.82 Å². The molecule has 0 radical (unpaired) electrons. The number of hydrogen-bond acceptors (Lipinski definition) is 6. The zero-order chi connectivity index (χ0) is 26.0. The van der Waals surface area contributed by atoms with E-state index >= 15 is 0 Å². The minimum Gasteiger partial charge on any atom is -0.486 e. The lowest BCUT2D eigenvalue weighted by Crippen LogP contribution is -2.30. The van der Waals surface area contributed by atoms with E-state index in [2.05, 4.69) is 21.5 Å². The van der Waals surface area contributed by atoms with E-state index in [1.54, 1.807) is 0 Å². The van der Waals surface area contributed by atoms with Crippen LogP contribution in [0.15, 0.2) is 36.7 Å². The van der Waals surface area contributed by atoms with Crippen LogP contribution in [0.5, 0.6) is 5.75 Å². The molecule has 2 atom stereocenters. The number of nitrogens with zero attached hydrogens (tertiary/aromatic N) is 5. The Morgan fingerprint density at radius 2 is 1.86 bits per heavy atom. The summed E-state index contributed by atoms with van der Waals surface area (Å²) in [6.45, 7) is 0.685. The molecule has 2 fully saturated rings. The number of aromatic nitrogens is 5. The smallest absolute Gasteiger partial charge is 0.416 e. The van der Waals surface area contributed by atoms with Gasteiger partial charge < -0.3 is 19.1 Å². The first-order chi connectivity index (χ1) is 17.8. The van der Waals surface area contributed by atoms with E-state index in [1.165, 1.54) is 17.7 Å². The summed E-state index contributed by atoms with van der Waals surface area (Å²) >= 11 is 0. The highest BCUT2D eigenvalue weighted by Gasteiger charge is 2.31. The van der Waals surface area contributed by atoms with Crippen LogP contribution in [0.2, 0.25) is 0 Å². The van der Waals surface area contributed by atoms with Crippen molar-refractivity contribution in [3.63, 3.8) is 0 Å². The summed E-state index contributed by atoms with van der Waals surface area (Å²) in [5, 5.41) is 22.5. The Kier molecular flexibility index (Phi) is 7.52. The first kappa shape index (κ1) is 25.7. The minimum atomic E-state index is -4.41. The molecule has 8 nitrogen and oxygen atoms in total. The largest absolute Gasteiger partial charge is 0.486 e. The second kappa shape index (κ2) is 10.8. The molecular weight excluding hydrogens is 487 g/mol. The monoisotopic (exact) mass is 519 g/mol. The van der Waals surface area contributed by atoms with Crippen LogP contribution in [-0.2, 0) is 24.6 Å². The molecule has 1 saturated carbocycles. The fourth-order valence-electron chi connectivity index (χ4n) is 5.36. The topological polar surface area (TPSA) is 87.2 Å². The lowest BCUT2D eigenvalue weighted by atomic mass is 9.79. The zero-order valence-corrected chi connectivity index (χ0v) is 20.8. The fraction of sp³-hybridized carbons (Fsp3) is 0.577. The average Bonchev–Trinajstić information content (AvgIpc) is 3.55. The SMILES string of the molecule is Cn1c(COc2cccc(C(F)(F)F)c2)nnc1C1CCC(c2cnn([C@@H]3CC[C@@H](CO)OC3)c2)CC1. The third-order valence-electron chi connectivity index (χ3n) is 7.64. The van der Waals surface area contributed by atoms with Crippen LogP contribution in [0.4, 0.5) is 13.2 Å². The number of benzene rings is 1. The maximum Gasteiger partial charge on any atom is 0.416 e. The highest BCUT2D eigenvalue weighted by molar-refractivity contribution is 5.30. The molecule has 3 aromatic rings. The highest BCUT2D eigenvalue weighted by Crippen LogP contribution is 2.40. The van der Waals surface area contributed by atoms with Gasteiger partial charge in [-0.15, -0.1) is 10.2 Å². The molecule has 37 heavy (non-hydrogen) atoms. The number of aliphatic hydroxyl groups excluding tert-OH is 1. The van der Waals surface area contributed by atoms with Crippen LogP contribution in [0.3, 0.4) is 0 Å². The summed E-state index contributed by atoms with van der Waals surface area (Å²) in [5.74, 6) is 2.32. The second-order valence-electron chi connectivity index (χ2n) is 10.0. The molecule has 1 saturated heterocycles. The van der Waals surface area contributed by atoms with Gasteiger partial charge in [-0.3, -0.25) is 4.68 Å². The van der Waals surface area contributed by atoms with E-state index in [-0.39, 0.29) is 37.0 Å². The summed E-state index contributed by atoms with van der Waals surface area (Å²) in [6, 6.07) is 5.06. The van der Waals surface area contributed by atoms with E-state index in [4.69, 9.17) is 9.47 Å². The van der Waals surface area contributed by atoms with Crippen molar-refractivity contribution in [2.75, 3.05) is 13.2 Å². The normalized spacial score (nSPS) is 24.8. The van der Waals surface area contributed by atoms with Gasteiger partial charge in [0.1, 0.15) is 18.2 Å². The third kappa shape index (κ3) is 5.82. The molecule has 0 unspecified atom stereocenters. The molecule has 0 spiro atoms. The van der Waals surface area contributed by atoms with Crippen molar-refractivity contribution in [1.82, 2.24) is 24.5 Å². The number of hydrogen-bond donors (Lipinski definition) is 1. The Hall–Kier alpha value is -2.92. The predicted molar refractivity (Wildman–Crippen MR) is 128 cm³/mol. The quantitative estimate of drug-likeness (QED) is 0.484. The van der Waals surface area contributed by atoms with Gasteiger partial charge in [-0.25, -0.2) is 0 Å². The second-order valence-corrected chi connectivity index (χ2v) is 10.0. The van der Waals surface area contributed by atoms with E-state index in [0.717, 1.165) is 56.5 Å². The fourth-order valence-corrected chi connectivity index (χ4v) is 5.36. The number of ether oxygens (including phenoxy) is 2. The Balaban J connectivity index is 1.15. The summed E-state index contributed by atoms with van der Waals surface area (Å²) in [6.07, 6.45) is 5.41. The van der Waals surface area contributed by atoms with Gasteiger partial charge in [-0.05, 0) is 68.2 Å². The molecule has 3 heterocycles. The molecule has 200 valence electrons. The lowest BCUT2D eigenvalue weighted by Gasteiger charge is -2.28. The predicted octanol–water partition coefficient (Wildman–Crippen LogP) is 4.76. The third-order valence-corrected chi connectivity index (χ3v) is 7.64. The number of halogens is 3. The molecule has 2 aliphatic rings. The molecule has 1 aromatic carbocycles. The average molecular weight is 520 g/mol. The number of rotatable bonds is 7. The molecule has 1 aliphatic heterocycles. The van der Waals surface area contributed by atoms with Gasteiger partial charge in [-0.1, -0.05) is 6.07 Å². The van der Waals surface area contributed by atoms with E-state index in [1.807, 2.05) is 22.5 Å². The maximum atomic E-state index is 13.0. The van der Waals surface area contributed by atoms with Gasteiger partial charge in [0.05, 0.1) is 37.1 Å². The molecule has 0 amide bonds. The van der Waals surface area contributed by atoms with Gasteiger partial charge in [0, 0.05) is 19.2 Å². The van der Waals surface area contributed by atoms with Crippen LogP contribution >= 0.6 is 0 Å². The van der Waals surface area contributed by atoms with Crippen molar-refractivity contribution >= 4 is 0 Å². The number of aliphatic hydroxyl groups is 1. The van der Waals surface area contributed by atoms with Crippen molar-refractivity contribution in [2.45, 2.75) is 75.3 Å². The zero-order valence-electron chi connectivity index (χ0n) is 20.8. The molecule has 5 rings (SSSR count). The first-order valence-electron chi connectivity index (χ1n) is 12.8. The summed E-state index contributed by atoms with van der Waals surface area (Å²) in [5.41, 5.74) is 0.504. The first-order valence-corrected chi connectivity index (χ1v) is 12.8. The lowest BCUT2D eigenvalue weighted by molar-refractivity contribution is -0.137. The Morgan fingerprint density at radius 1 is 1.08 bits per heavy atom. The van der Waals surface area contributed by atoms with Gasteiger partial charge in [0.2, 0.25) is 0 Å². The summed E-state index contributed by atoms with van der Waals surface area (Å²) in [4.78, 5) is 0. The molecule has 2 aromatic heterocycles. The molecule has 0 bridgehead atoms. The molecule has 1 N–H and O–H groups in total. The Morgan fingerprint density at radius 3 is 2.57 bits per heavy atom. The maximum absolute atomic E-state index is 13.0. The van der Waals surface area contributed by atoms with E-state index < -0.39 is 11.7 Å². The van der Waals surface area contributed by atoms with Gasteiger partial charge in [-0.2, -0.15) is 18.3 Å². The summed E-state index contributed by atoms with van der Waals surface area (Å²) in [7, 11) is 1.88. The van der Waals surface area contributed by atoms with Crippen LogP contribution in [0.1, 0.15) is 79.2 Å². The van der Waals surface area contributed by atoms with Crippen LogP contribution in [-0.4, -0.2) is 49.0 Å². The molecule has 11 heteroatoms. The van der Waals surface area contributed by atoms with Crippen molar-refractivity contribution in [2.24, 2.45) is 7.05 Å². The van der Waals surface area contributed by atoms with Crippen LogP contribution in [0.25, 0.3) is 0 Å². The Labute approximate surface area is 213 Å². The Bertz CT molecular complexity index is 1180. The van der Waals surface area contributed by atoms with Crippen LogP contribution in [0, 0.1) is 0 Å². The van der Waals surface area contributed by atoms with Crippen molar-refractivity contribution in [1.29, 1.82) is 0 Å². The standard InChI is InChI=1S/C26H32F3N5O3/c1-33-24(16-37-22-4-2-3-20(11-22)26(27,28)29)31-32-25(33)18-7-5-17(6-8-18)19-12-30-34(13-19)21-9-10-23(14-35)36-15-21/h2-4,11-13,17-18,21,23,35H,5-10,14-16H2,1H3/t17?,18?,21-,23+/m1/s1. The highest BCUT2D eigenvalue weighted by atomic mass is 19.4. The molecular formula is C26H32F3N5O3. The van der Waals surface area contributed by atoms with Gasteiger partial charge >= 0.3 is 6.18 Å². The van der Waals surface area contributed by atoms with E-state index in [9.17, 15) is 18.3 Å². The number of alkyl halides is 3. The van der Waals surface area contributed by atoms with Crippen LogP contribution < -0.4 is 4.74 Å². The van der Waals surface area contributed by atoms with Gasteiger partial charge in [0.25, 0.3) is 0 Å². The van der Waals surface area contributed by atoms with E-state index in [0.29, 0.717) is 18.3 Å². The van der Waals surface area contributed by atoms with Crippen molar-refractivity contribution in [3.05, 3.63) is 59.4 Å². The molecule has 1 aliphatic carbocycles.